The van der Waals surface area contributed by atoms with Crippen LogP contribution in [0.25, 0.3) is 0 Å². The van der Waals surface area contributed by atoms with Crippen LogP contribution in [0.5, 0.6) is 0 Å². The number of aliphatic hydroxyl groups is 1. The van der Waals surface area contributed by atoms with Crippen LogP contribution >= 0.6 is 15.6 Å². The fraction of sp³-hybridized carbons (Fsp3) is 0.605. The summed E-state index contributed by atoms with van der Waals surface area (Å²) in [5.74, 6) is -2.41. The number of esters is 4. The van der Waals surface area contributed by atoms with E-state index in [0.29, 0.717) is 25.7 Å². The summed E-state index contributed by atoms with van der Waals surface area (Å²) in [6, 6.07) is 0. The summed E-state index contributed by atoms with van der Waals surface area (Å²) in [4.78, 5) is 72.7. The van der Waals surface area contributed by atoms with Crippen LogP contribution in [0.15, 0.2) is 170 Å². The molecule has 0 amide bonds. The van der Waals surface area contributed by atoms with Crippen LogP contribution in [0.2, 0.25) is 0 Å². The zero-order valence-corrected chi connectivity index (χ0v) is 63.3. The highest BCUT2D eigenvalue weighted by Gasteiger charge is 2.30. The second kappa shape index (κ2) is 71.8. The Labute approximate surface area is 603 Å². The van der Waals surface area contributed by atoms with Crippen LogP contribution in [0.1, 0.15) is 259 Å². The molecule has 0 aromatic carbocycles. The first-order chi connectivity index (χ1) is 48.7. The monoisotopic (exact) mass is 1440 g/mol. The fourth-order valence-corrected chi connectivity index (χ4v) is 10.7. The first-order valence-corrected chi connectivity index (χ1v) is 40.4. The number of phosphoric ester groups is 2. The number of aliphatic hydroxyl groups excluding tert-OH is 1. The average molecular weight is 1440 g/mol. The summed E-state index contributed by atoms with van der Waals surface area (Å²) in [6.07, 6.45) is 83.9. The van der Waals surface area contributed by atoms with Gasteiger partial charge in [0.15, 0.2) is 12.2 Å². The molecule has 5 atom stereocenters. The lowest BCUT2D eigenvalue weighted by molar-refractivity contribution is -0.161. The molecule has 0 rings (SSSR count). The highest BCUT2D eigenvalue weighted by Crippen LogP contribution is 2.45. The number of hydrogen-bond donors (Lipinski definition) is 3. The highest BCUT2D eigenvalue weighted by atomic mass is 31.2. The molecule has 0 aliphatic carbocycles. The number of rotatable bonds is 68. The molecule has 0 aliphatic heterocycles. The smallest absolute Gasteiger partial charge is 0.462 e. The molecule has 0 aromatic heterocycles. The number of carbonyl (C=O) groups is 4. The molecule has 5 unspecified atom stereocenters. The predicted octanol–water partition coefficient (Wildman–Crippen LogP) is 21.4. The van der Waals surface area contributed by atoms with Crippen LogP contribution in [-0.2, 0) is 65.4 Å². The maximum Gasteiger partial charge on any atom is 0.472 e. The van der Waals surface area contributed by atoms with Gasteiger partial charge in [0.25, 0.3) is 0 Å². The van der Waals surface area contributed by atoms with Gasteiger partial charge in [-0.25, -0.2) is 9.13 Å². The van der Waals surface area contributed by atoms with Gasteiger partial charge in [-0.1, -0.05) is 256 Å². The molecule has 0 aliphatic rings. The summed E-state index contributed by atoms with van der Waals surface area (Å²) >= 11 is 0. The number of carbonyl (C=O) groups excluding carboxylic acids is 4. The molecule has 19 heteroatoms. The number of ether oxygens (including phenoxy) is 4. The third-order valence-electron chi connectivity index (χ3n) is 14.7. The van der Waals surface area contributed by atoms with Gasteiger partial charge >= 0.3 is 39.5 Å². The number of phosphoric acid groups is 2. The quantitative estimate of drug-likeness (QED) is 0.0169. The Morgan fingerprint density at radius 2 is 0.560 bits per heavy atom. The van der Waals surface area contributed by atoms with Crippen molar-refractivity contribution in [1.82, 2.24) is 0 Å². The summed E-state index contributed by atoms with van der Waals surface area (Å²) in [7, 11) is -10.0. The summed E-state index contributed by atoms with van der Waals surface area (Å²) < 4.78 is 68.2. The number of hydrogen-bond acceptors (Lipinski definition) is 15. The third kappa shape index (κ3) is 70.8. The van der Waals surface area contributed by atoms with Crippen molar-refractivity contribution >= 4 is 39.5 Å². The van der Waals surface area contributed by atoms with Crippen LogP contribution < -0.4 is 0 Å². The van der Waals surface area contributed by atoms with Crippen LogP contribution in [0.3, 0.4) is 0 Å². The molecule has 0 heterocycles. The predicted molar refractivity (Wildman–Crippen MR) is 408 cm³/mol. The maximum atomic E-state index is 13.1. The molecule has 3 N–H and O–H groups in total. The molecule has 0 spiro atoms. The van der Waals surface area contributed by atoms with Crippen molar-refractivity contribution in [3.8, 4) is 0 Å². The Hall–Kier alpha value is -5.58. The lowest BCUT2D eigenvalue weighted by Crippen LogP contribution is -2.30. The van der Waals surface area contributed by atoms with Crippen LogP contribution in [-0.4, -0.2) is 96.7 Å². The van der Waals surface area contributed by atoms with E-state index in [0.717, 1.165) is 167 Å². The van der Waals surface area contributed by atoms with E-state index < -0.39 is 97.5 Å². The second-order valence-electron chi connectivity index (χ2n) is 24.1. The SMILES string of the molecule is CC/C=C\C/C=C\C/C=C\C/C=C\C/C=C\CCCCCC(=O)OCC(COP(=O)(O)OCC(O)COP(=O)(O)OCC(COC(=O)C/C=C\C/C=C\C/C=C\C/C=C\C/C=C\CC)OC(=O)CCCCCCC/C=C\C/C=C\C/C=C\CC)OC(=O)CCCCCCC/C=C\CCCC. The normalized spacial score (nSPS) is 14.9. The van der Waals surface area contributed by atoms with E-state index in [1.165, 1.54) is 12.8 Å². The topological polar surface area (TPSA) is 237 Å². The summed E-state index contributed by atoms with van der Waals surface area (Å²) in [5.41, 5.74) is 0. The molecule has 0 aromatic rings. The van der Waals surface area contributed by atoms with Crippen molar-refractivity contribution < 1.29 is 80.2 Å². The lowest BCUT2D eigenvalue weighted by Gasteiger charge is -2.21. The van der Waals surface area contributed by atoms with Gasteiger partial charge in [0.2, 0.25) is 0 Å². The van der Waals surface area contributed by atoms with E-state index in [1.54, 1.807) is 6.08 Å². The van der Waals surface area contributed by atoms with Crippen LogP contribution in [0.4, 0.5) is 0 Å². The van der Waals surface area contributed by atoms with E-state index in [-0.39, 0.29) is 25.7 Å². The van der Waals surface area contributed by atoms with Gasteiger partial charge in [0.05, 0.1) is 32.8 Å². The van der Waals surface area contributed by atoms with Gasteiger partial charge < -0.3 is 33.8 Å². The van der Waals surface area contributed by atoms with Crippen LogP contribution in [0, 0.1) is 0 Å². The van der Waals surface area contributed by atoms with E-state index in [4.69, 9.17) is 37.0 Å². The van der Waals surface area contributed by atoms with E-state index in [9.17, 15) is 43.2 Å². The first kappa shape index (κ1) is 94.4. The molecule has 100 heavy (non-hydrogen) atoms. The van der Waals surface area contributed by atoms with Crippen molar-refractivity contribution in [2.45, 2.75) is 277 Å². The van der Waals surface area contributed by atoms with Crippen molar-refractivity contribution in [2.75, 3.05) is 39.6 Å². The van der Waals surface area contributed by atoms with Gasteiger partial charge in [0, 0.05) is 19.3 Å². The van der Waals surface area contributed by atoms with Crippen molar-refractivity contribution in [3.63, 3.8) is 0 Å². The van der Waals surface area contributed by atoms with E-state index >= 15 is 0 Å². The molecular weight excluding hydrogens is 1310 g/mol. The minimum atomic E-state index is -5.01. The number of allylic oxidation sites excluding steroid dienone is 27. The molecule has 0 fully saturated rings. The Bertz CT molecular complexity index is 2570. The summed E-state index contributed by atoms with van der Waals surface area (Å²) in [6.45, 7) is 4.27. The zero-order chi connectivity index (χ0) is 73.2. The highest BCUT2D eigenvalue weighted by molar-refractivity contribution is 7.47. The third-order valence-corrected chi connectivity index (χ3v) is 16.6. The molecule has 17 nitrogen and oxygen atoms in total. The molecule has 0 bridgehead atoms. The number of unbranched alkanes of at least 4 members (excludes halogenated alkanes) is 15. The molecule has 0 saturated carbocycles. The van der Waals surface area contributed by atoms with E-state index in [1.807, 2.05) is 18.2 Å². The summed E-state index contributed by atoms with van der Waals surface area (Å²) in [5, 5.41) is 10.6. The Morgan fingerprint density at radius 1 is 0.300 bits per heavy atom. The van der Waals surface area contributed by atoms with Crippen molar-refractivity contribution in [2.24, 2.45) is 0 Å². The van der Waals surface area contributed by atoms with Gasteiger partial charge in [-0.2, -0.15) is 0 Å². The first-order valence-electron chi connectivity index (χ1n) is 37.4. The Morgan fingerprint density at radius 3 is 0.910 bits per heavy atom. The van der Waals surface area contributed by atoms with Crippen molar-refractivity contribution in [3.05, 3.63) is 170 Å². The molecule has 0 radical (unpaired) electrons. The molecular formula is C81H130O17P2. The molecule has 0 saturated heterocycles. The minimum Gasteiger partial charge on any atom is -0.462 e. The van der Waals surface area contributed by atoms with E-state index in [2.05, 4.69) is 174 Å². The average Bonchev–Trinajstić information content (AvgIpc) is 0.953. The van der Waals surface area contributed by atoms with Gasteiger partial charge in [-0.05, 0) is 148 Å². The standard InChI is InChI=1S/C81H130O17P2/c1-5-9-13-17-21-25-29-32-35-36-37-38-41-43-47-50-54-58-62-66-79(84)91-71-76(97-80(85)67-63-59-55-51-45-28-24-20-16-12-8-4)73-95-99(87,88)93-69-75(82)70-94-100(89,90)96-74-77(98-81(86)68-64-60-56-52-48-44-40-34-31-27-23-19-15-11-7-3)72-92-78(83)65-61-57-53-49-46-42-39-33-30-26-22-18-14-10-6-2/h9-11,13-15,20-27,32-35,37-40,43,46-47,49,57,61,75-77,82H,5-8,12,16-19,28-31,36,41-42,44-45,48,50-56,58-60,62-74H2,1-4H3,(H,87,88)(H,89,90)/b13-9-,14-10-,15-11-,24-20-,25-21-,26-22-,27-23-,35-32-,38-37-,39-33-,40-34-,47-43-,49-46-,61-57-. The Kier molecular flexibility index (Phi) is 67.8. The molecule has 566 valence electrons. The van der Waals surface area contributed by atoms with Gasteiger partial charge in [-0.3, -0.25) is 37.3 Å². The maximum absolute atomic E-state index is 13.1. The van der Waals surface area contributed by atoms with Crippen molar-refractivity contribution in [1.29, 1.82) is 0 Å². The minimum absolute atomic E-state index is 0.0493. The van der Waals surface area contributed by atoms with Gasteiger partial charge in [-0.15, -0.1) is 0 Å². The zero-order valence-electron chi connectivity index (χ0n) is 61.5. The largest absolute Gasteiger partial charge is 0.472 e. The fourth-order valence-electron chi connectivity index (χ4n) is 9.08. The second-order valence-corrected chi connectivity index (χ2v) is 27.0. The lowest BCUT2D eigenvalue weighted by atomic mass is 10.1. The van der Waals surface area contributed by atoms with Gasteiger partial charge in [0.1, 0.15) is 19.3 Å². The Balaban J connectivity index is 5.45.